The Morgan fingerprint density at radius 1 is 1.29 bits per heavy atom. The monoisotopic (exact) mass is 178 g/mol. The molecule has 7 heteroatoms. The zero-order valence-electron chi connectivity index (χ0n) is 4.47. The largest absolute Gasteiger partial charge is 1.00 e. The van der Waals surface area contributed by atoms with Crippen LogP contribution in [0.2, 0.25) is 0 Å². The van der Waals surface area contributed by atoms with Gasteiger partial charge in [0, 0.05) is 17.1 Å². The van der Waals surface area contributed by atoms with Crippen molar-refractivity contribution in [1.82, 2.24) is 0 Å². The molecule has 4 nitrogen and oxygen atoms in total. The summed E-state index contributed by atoms with van der Waals surface area (Å²) in [6.07, 6.45) is 0. The van der Waals surface area contributed by atoms with Gasteiger partial charge in [0.1, 0.15) is 0 Å². The SMILES string of the molecule is O=S(=O)(O)O.[Fe].[H-].[Na+]. The summed E-state index contributed by atoms with van der Waals surface area (Å²) in [5.74, 6) is 0. The Hall–Kier alpha value is 1.39. The van der Waals surface area contributed by atoms with Crippen LogP contribution in [0.4, 0.5) is 0 Å². The molecule has 0 aromatic carbocycles. The molecule has 0 aliphatic rings. The summed E-state index contributed by atoms with van der Waals surface area (Å²) < 4.78 is 31.6. The fourth-order valence-electron chi connectivity index (χ4n) is 0. The molecule has 0 amide bonds. The van der Waals surface area contributed by atoms with Crippen molar-refractivity contribution in [1.29, 1.82) is 0 Å². The van der Waals surface area contributed by atoms with Crippen molar-refractivity contribution in [3.8, 4) is 0 Å². The molecule has 0 bridgehead atoms. The fraction of sp³-hybridized carbons (Fsp3) is 0. The smallest absolute Gasteiger partial charge is 1.00 e. The first-order valence-electron chi connectivity index (χ1n) is 0.698. The fourth-order valence-corrected chi connectivity index (χ4v) is 0. The third kappa shape index (κ3) is 111. The van der Waals surface area contributed by atoms with Crippen LogP contribution in [0.1, 0.15) is 1.43 Å². The van der Waals surface area contributed by atoms with Crippen molar-refractivity contribution in [2.75, 3.05) is 0 Å². The summed E-state index contributed by atoms with van der Waals surface area (Å²) in [5.41, 5.74) is 0. The number of hydrogen-bond acceptors (Lipinski definition) is 2. The van der Waals surface area contributed by atoms with E-state index >= 15 is 0 Å². The molecule has 0 aromatic heterocycles. The summed E-state index contributed by atoms with van der Waals surface area (Å²) in [7, 11) is -4.67. The van der Waals surface area contributed by atoms with E-state index in [4.69, 9.17) is 17.5 Å². The Morgan fingerprint density at radius 2 is 1.29 bits per heavy atom. The maximum Gasteiger partial charge on any atom is 1.00 e. The van der Waals surface area contributed by atoms with Crippen molar-refractivity contribution in [2.24, 2.45) is 0 Å². The Morgan fingerprint density at radius 3 is 1.29 bits per heavy atom. The summed E-state index contributed by atoms with van der Waals surface area (Å²) in [6, 6.07) is 0. The van der Waals surface area contributed by atoms with Gasteiger partial charge in [0.25, 0.3) is 0 Å². The van der Waals surface area contributed by atoms with Crippen molar-refractivity contribution in [3.63, 3.8) is 0 Å². The zero-order valence-corrected chi connectivity index (χ0v) is 7.39. The van der Waals surface area contributed by atoms with Crippen molar-refractivity contribution >= 4 is 10.4 Å². The van der Waals surface area contributed by atoms with Crippen LogP contribution in [-0.2, 0) is 27.5 Å². The van der Waals surface area contributed by atoms with Gasteiger partial charge in [-0.3, -0.25) is 9.11 Å². The summed E-state index contributed by atoms with van der Waals surface area (Å²) >= 11 is 0. The standard InChI is InChI=1S/Fe.Na.H2O4S.H/c;;1-5(2,3)4;/h;;(H2,1,2,3,4);/q;+1;;-1. The second-order valence-corrected chi connectivity index (χ2v) is 1.34. The third-order valence-corrected chi connectivity index (χ3v) is 0. The van der Waals surface area contributed by atoms with Gasteiger partial charge in [0.15, 0.2) is 0 Å². The molecule has 0 saturated heterocycles. The third-order valence-electron chi connectivity index (χ3n) is 0. The first kappa shape index (κ1) is 15.8. The van der Waals surface area contributed by atoms with Gasteiger partial charge in [-0.25, -0.2) is 0 Å². The first-order valence-corrected chi connectivity index (χ1v) is 2.10. The Bertz CT molecular complexity index is 99.2. The molecule has 2 N–H and O–H groups in total. The Labute approximate surface area is 75.5 Å². The Kier molecular flexibility index (Phi) is 12.4. The minimum Gasteiger partial charge on any atom is -1.00 e. The van der Waals surface area contributed by atoms with E-state index in [1.807, 2.05) is 0 Å². The molecule has 0 radical (unpaired) electrons. The normalized spacial score (nSPS) is 8.29. The quantitative estimate of drug-likeness (QED) is 0.297. The molecule has 0 unspecified atom stereocenters. The number of rotatable bonds is 0. The minimum atomic E-state index is -4.67. The minimum absolute atomic E-state index is 0. The summed E-state index contributed by atoms with van der Waals surface area (Å²) in [5, 5.41) is 0. The van der Waals surface area contributed by atoms with E-state index in [2.05, 4.69) is 0 Å². The molecular weight excluding hydrogens is 175 g/mol. The second kappa shape index (κ2) is 5.52. The van der Waals surface area contributed by atoms with E-state index in [9.17, 15) is 0 Å². The molecular formula is H3FeNaO4S. The van der Waals surface area contributed by atoms with E-state index in [1.165, 1.54) is 0 Å². The molecule has 0 atom stereocenters. The van der Waals surface area contributed by atoms with Crippen LogP contribution in [-0.4, -0.2) is 17.5 Å². The van der Waals surface area contributed by atoms with Crippen LogP contribution in [0.25, 0.3) is 0 Å². The van der Waals surface area contributed by atoms with Crippen LogP contribution < -0.4 is 29.6 Å². The average molecular weight is 178 g/mol. The van der Waals surface area contributed by atoms with E-state index in [-0.39, 0.29) is 48.1 Å². The molecule has 0 rings (SSSR count). The molecule has 0 spiro atoms. The molecule has 0 aromatic rings. The van der Waals surface area contributed by atoms with Gasteiger partial charge in [-0.1, -0.05) is 0 Å². The van der Waals surface area contributed by atoms with Gasteiger partial charge < -0.3 is 1.43 Å². The van der Waals surface area contributed by atoms with Crippen molar-refractivity contribution in [2.45, 2.75) is 0 Å². The van der Waals surface area contributed by atoms with Gasteiger partial charge in [-0.2, -0.15) is 8.42 Å². The van der Waals surface area contributed by atoms with E-state index < -0.39 is 10.4 Å². The van der Waals surface area contributed by atoms with E-state index in [1.54, 1.807) is 0 Å². The molecule has 0 aliphatic carbocycles. The Balaban J connectivity index is -0.0000000267. The predicted octanol–water partition coefficient (Wildman–Crippen LogP) is -3.54. The van der Waals surface area contributed by atoms with Gasteiger partial charge in [0.05, 0.1) is 0 Å². The molecule has 0 fully saturated rings. The van der Waals surface area contributed by atoms with Crippen molar-refractivity contribution < 1.29 is 65.6 Å². The maximum absolute atomic E-state index is 8.74. The summed E-state index contributed by atoms with van der Waals surface area (Å²) in [6.45, 7) is 0. The van der Waals surface area contributed by atoms with Gasteiger partial charge >= 0.3 is 40.0 Å². The van der Waals surface area contributed by atoms with Gasteiger partial charge in [-0.15, -0.1) is 0 Å². The van der Waals surface area contributed by atoms with E-state index in [0.29, 0.717) is 0 Å². The molecule has 42 valence electrons. The van der Waals surface area contributed by atoms with Crippen LogP contribution in [0.15, 0.2) is 0 Å². The predicted molar refractivity (Wildman–Crippen MR) is 15.3 cm³/mol. The van der Waals surface area contributed by atoms with Gasteiger partial charge in [-0.05, 0) is 0 Å². The topological polar surface area (TPSA) is 74.6 Å². The average Bonchev–Trinajstić information content (AvgIpc) is 0.722. The van der Waals surface area contributed by atoms with Gasteiger partial charge in [0.2, 0.25) is 0 Å². The molecule has 7 heavy (non-hydrogen) atoms. The van der Waals surface area contributed by atoms with Crippen LogP contribution in [0.5, 0.6) is 0 Å². The van der Waals surface area contributed by atoms with E-state index in [0.717, 1.165) is 0 Å². The molecule has 0 saturated carbocycles. The number of hydrogen-bond donors (Lipinski definition) is 2. The van der Waals surface area contributed by atoms with Crippen LogP contribution in [0, 0.1) is 0 Å². The summed E-state index contributed by atoms with van der Waals surface area (Å²) in [4.78, 5) is 0. The maximum atomic E-state index is 8.74. The second-order valence-electron chi connectivity index (χ2n) is 0.448. The van der Waals surface area contributed by atoms with Crippen LogP contribution in [0.3, 0.4) is 0 Å². The first-order chi connectivity index (χ1) is 2.00. The zero-order chi connectivity index (χ0) is 4.50. The molecule has 0 heterocycles. The van der Waals surface area contributed by atoms with Crippen molar-refractivity contribution in [3.05, 3.63) is 0 Å². The van der Waals surface area contributed by atoms with Crippen LogP contribution >= 0.6 is 0 Å². The molecule has 0 aliphatic heterocycles.